The first kappa shape index (κ1) is 10.0. The zero-order valence-corrected chi connectivity index (χ0v) is 8.39. The Kier molecular flexibility index (Phi) is 3.29. The molecule has 1 unspecified atom stereocenters. The number of carbonyl (C=O) groups is 1. The van der Waals surface area contributed by atoms with Crippen LogP contribution in [0.2, 0.25) is 0 Å². The minimum atomic E-state index is 0.116. The molecule has 1 atom stereocenters. The summed E-state index contributed by atoms with van der Waals surface area (Å²) in [5.41, 5.74) is 2.27. The van der Waals surface area contributed by atoms with Crippen LogP contribution in [0.5, 0.6) is 0 Å². The second-order valence-electron chi connectivity index (χ2n) is 3.57. The van der Waals surface area contributed by atoms with Gasteiger partial charge in [0.2, 0.25) is 5.91 Å². The number of rotatable bonds is 3. The maximum absolute atomic E-state index is 11.3. The van der Waals surface area contributed by atoms with E-state index in [0.29, 0.717) is 0 Å². The van der Waals surface area contributed by atoms with Crippen molar-refractivity contribution in [2.75, 3.05) is 0 Å². The smallest absolute Gasteiger partial charge is 0.227 e. The average molecular weight is 179 g/mol. The van der Waals surface area contributed by atoms with Gasteiger partial charge in [0.1, 0.15) is 0 Å². The fraction of sp³-hybridized carbons (Fsp3) is 0.545. The number of amides is 1. The second kappa shape index (κ2) is 4.26. The zero-order chi connectivity index (χ0) is 9.84. The lowest BCUT2D eigenvalue weighted by molar-refractivity contribution is -0.124. The average Bonchev–Trinajstić information content (AvgIpc) is 2.11. The predicted molar refractivity (Wildman–Crippen MR) is 54.1 cm³/mol. The van der Waals surface area contributed by atoms with Crippen molar-refractivity contribution in [2.24, 2.45) is 5.92 Å². The molecule has 0 aliphatic carbocycles. The SMILES string of the molecule is C=CC1=C(CCC)CC(C)C(=O)N1. The maximum atomic E-state index is 11.3. The van der Waals surface area contributed by atoms with Crippen molar-refractivity contribution in [3.05, 3.63) is 23.9 Å². The Morgan fingerprint density at radius 1 is 1.69 bits per heavy atom. The molecule has 1 N–H and O–H groups in total. The van der Waals surface area contributed by atoms with Gasteiger partial charge >= 0.3 is 0 Å². The molecule has 2 heteroatoms. The largest absolute Gasteiger partial charge is 0.326 e. The van der Waals surface area contributed by atoms with Crippen LogP contribution in [-0.4, -0.2) is 5.91 Å². The highest BCUT2D eigenvalue weighted by atomic mass is 16.1. The number of allylic oxidation sites excluding steroid dienone is 2. The van der Waals surface area contributed by atoms with Crippen molar-refractivity contribution >= 4 is 5.91 Å². The molecule has 1 heterocycles. The van der Waals surface area contributed by atoms with Gasteiger partial charge in [-0.3, -0.25) is 4.79 Å². The molecule has 0 bridgehead atoms. The summed E-state index contributed by atoms with van der Waals surface area (Å²) in [5.74, 6) is 0.236. The van der Waals surface area contributed by atoms with Crippen molar-refractivity contribution in [3.63, 3.8) is 0 Å². The van der Waals surface area contributed by atoms with E-state index in [2.05, 4.69) is 18.8 Å². The minimum absolute atomic E-state index is 0.116. The van der Waals surface area contributed by atoms with Gasteiger partial charge in [0, 0.05) is 11.6 Å². The van der Waals surface area contributed by atoms with Gasteiger partial charge in [0.05, 0.1) is 0 Å². The molecule has 1 rings (SSSR count). The number of nitrogens with one attached hydrogen (secondary N) is 1. The number of hydrogen-bond acceptors (Lipinski definition) is 1. The first-order valence-corrected chi connectivity index (χ1v) is 4.84. The van der Waals surface area contributed by atoms with Crippen molar-refractivity contribution in [1.29, 1.82) is 0 Å². The Morgan fingerprint density at radius 2 is 2.38 bits per heavy atom. The van der Waals surface area contributed by atoms with Gasteiger partial charge in [0.25, 0.3) is 0 Å². The monoisotopic (exact) mass is 179 g/mol. The standard InChI is InChI=1S/C11H17NO/c1-4-6-9-7-8(3)11(13)12-10(9)5-2/h5,8H,2,4,6-7H2,1,3H3,(H,12,13). The van der Waals surface area contributed by atoms with Crippen LogP contribution in [0.1, 0.15) is 33.1 Å². The lowest BCUT2D eigenvalue weighted by atomic mass is 9.92. The highest BCUT2D eigenvalue weighted by molar-refractivity contribution is 5.82. The van der Waals surface area contributed by atoms with E-state index in [1.165, 1.54) is 5.57 Å². The summed E-state index contributed by atoms with van der Waals surface area (Å²) < 4.78 is 0. The van der Waals surface area contributed by atoms with E-state index in [1.807, 2.05) is 6.92 Å². The molecule has 0 saturated carbocycles. The predicted octanol–water partition coefficient (Wildman–Crippen LogP) is 2.38. The van der Waals surface area contributed by atoms with Crippen LogP contribution < -0.4 is 5.32 Å². The van der Waals surface area contributed by atoms with Crippen LogP contribution in [0.4, 0.5) is 0 Å². The third-order valence-electron chi connectivity index (χ3n) is 2.39. The molecule has 13 heavy (non-hydrogen) atoms. The highest BCUT2D eigenvalue weighted by Crippen LogP contribution is 2.24. The van der Waals surface area contributed by atoms with Crippen LogP contribution in [0.15, 0.2) is 23.9 Å². The van der Waals surface area contributed by atoms with Crippen LogP contribution >= 0.6 is 0 Å². The van der Waals surface area contributed by atoms with Crippen molar-refractivity contribution in [3.8, 4) is 0 Å². The molecule has 2 nitrogen and oxygen atoms in total. The Hall–Kier alpha value is -1.05. The highest BCUT2D eigenvalue weighted by Gasteiger charge is 2.22. The van der Waals surface area contributed by atoms with E-state index in [-0.39, 0.29) is 11.8 Å². The van der Waals surface area contributed by atoms with Crippen LogP contribution in [-0.2, 0) is 4.79 Å². The first-order chi connectivity index (χ1) is 6.19. The van der Waals surface area contributed by atoms with Gasteiger partial charge in [-0.2, -0.15) is 0 Å². The molecule has 1 aliphatic rings. The molecule has 0 fully saturated rings. The second-order valence-corrected chi connectivity index (χ2v) is 3.57. The van der Waals surface area contributed by atoms with Crippen LogP contribution in [0, 0.1) is 5.92 Å². The van der Waals surface area contributed by atoms with Gasteiger partial charge < -0.3 is 5.32 Å². The topological polar surface area (TPSA) is 29.1 Å². The Morgan fingerprint density at radius 3 is 2.92 bits per heavy atom. The fourth-order valence-electron chi connectivity index (χ4n) is 1.65. The van der Waals surface area contributed by atoms with Crippen LogP contribution in [0.3, 0.4) is 0 Å². The van der Waals surface area contributed by atoms with E-state index in [0.717, 1.165) is 25.0 Å². The van der Waals surface area contributed by atoms with Gasteiger partial charge in [-0.1, -0.05) is 26.8 Å². The Bertz CT molecular complexity index is 253. The van der Waals surface area contributed by atoms with E-state index in [4.69, 9.17) is 0 Å². The summed E-state index contributed by atoms with van der Waals surface area (Å²) in [4.78, 5) is 11.3. The quantitative estimate of drug-likeness (QED) is 0.708. The molecule has 0 saturated heterocycles. The zero-order valence-electron chi connectivity index (χ0n) is 8.39. The molecule has 0 aromatic heterocycles. The van der Waals surface area contributed by atoms with E-state index in [1.54, 1.807) is 6.08 Å². The van der Waals surface area contributed by atoms with Gasteiger partial charge in [-0.15, -0.1) is 0 Å². The lowest BCUT2D eigenvalue weighted by Crippen LogP contribution is -2.33. The minimum Gasteiger partial charge on any atom is -0.326 e. The maximum Gasteiger partial charge on any atom is 0.227 e. The molecule has 1 amide bonds. The number of carbonyl (C=O) groups excluding carboxylic acids is 1. The molecular formula is C11H17NO. The summed E-state index contributed by atoms with van der Waals surface area (Å²) in [6.45, 7) is 7.81. The molecular weight excluding hydrogens is 162 g/mol. The molecule has 1 aliphatic heterocycles. The third kappa shape index (κ3) is 2.20. The normalized spacial score (nSPS) is 22.9. The van der Waals surface area contributed by atoms with Crippen molar-refractivity contribution < 1.29 is 4.79 Å². The molecule has 0 aromatic carbocycles. The van der Waals surface area contributed by atoms with E-state index in [9.17, 15) is 4.79 Å². The summed E-state index contributed by atoms with van der Waals surface area (Å²) in [5, 5.41) is 2.87. The summed E-state index contributed by atoms with van der Waals surface area (Å²) in [6.07, 6.45) is 4.82. The molecule has 0 aromatic rings. The van der Waals surface area contributed by atoms with Gasteiger partial charge in [-0.05, 0) is 24.5 Å². The summed E-state index contributed by atoms with van der Waals surface area (Å²) >= 11 is 0. The first-order valence-electron chi connectivity index (χ1n) is 4.84. The van der Waals surface area contributed by atoms with E-state index < -0.39 is 0 Å². The van der Waals surface area contributed by atoms with Crippen LogP contribution in [0.25, 0.3) is 0 Å². The van der Waals surface area contributed by atoms with Crippen molar-refractivity contribution in [2.45, 2.75) is 33.1 Å². The Balaban J connectivity index is 2.84. The lowest BCUT2D eigenvalue weighted by Gasteiger charge is -2.23. The molecule has 72 valence electrons. The van der Waals surface area contributed by atoms with Gasteiger partial charge in [0.15, 0.2) is 0 Å². The summed E-state index contributed by atoms with van der Waals surface area (Å²) in [6, 6.07) is 0. The Labute approximate surface area is 79.7 Å². The number of hydrogen-bond donors (Lipinski definition) is 1. The molecule has 0 spiro atoms. The summed E-state index contributed by atoms with van der Waals surface area (Å²) in [7, 11) is 0. The van der Waals surface area contributed by atoms with Crippen molar-refractivity contribution in [1.82, 2.24) is 5.32 Å². The fourth-order valence-corrected chi connectivity index (χ4v) is 1.65. The van der Waals surface area contributed by atoms with Gasteiger partial charge in [-0.25, -0.2) is 0 Å². The third-order valence-corrected chi connectivity index (χ3v) is 2.39. The van der Waals surface area contributed by atoms with E-state index >= 15 is 0 Å². The molecule has 0 radical (unpaired) electrons.